The van der Waals surface area contributed by atoms with Crippen molar-refractivity contribution in [2.45, 2.75) is 0 Å². The summed E-state index contributed by atoms with van der Waals surface area (Å²) in [6.07, 6.45) is 0. The number of halogens is 3. The Labute approximate surface area is 147 Å². The van der Waals surface area contributed by atoms with E-state index in [9.17, 15) is 4.39 Å². The van der Waals surface area contributed by atoms with Gasteiger partial charge in [-0.15, -0.1) is 0 Å². The Hall–Kier alpha value is -2.37. The van der Waals surface area contributed by atoms with Crippen LogP contribution in [0.4, 0.5) is 4.39 Å². The summed E-state index contributed by atoms with van der Waals surface area (Å²) in [4.78, 5) is 8.33. The summed E-state index contributed by atoms with van der Waals surface area (Å²) in [5.74, 6) is 0.993. The van der Waals surface area contributed by atoms with Gasteiger partial charge in [-0.2, -0.15) is 0 Å². The summed E-state index contributed by atoms with van der Waals surface area (Å²) in [5.41, 5.74) is 0.587. The van der Waals surface area contributed by atoms with Crippen molar-refractivity contribution >= 4 is 23.2 Å². The molecule has 3 aromatic rings. The number of ether oxygens (including phenoxy) is 2. The van der Waals surface area contributed by atoms with Gasteiger partial charge in [-0.3, -0.25) is 0 Å². The molecule has 0 radical (unpaired) electrons. The zero-order valence-electron chi connectivity index (χ0n) is 12.5. The van der Waals surface area contributed by atoms with E-state index in [-0.39, 0.29) is 27.7 Å². The van der Waals surface area contributed by atoms with Crippen LogP contribution < -0.4 is 9.47 Å². The number of methoxy groups -OCH3 is 1. The maximum Gasteiger partial charge on any atom is 0.202 e. The molecule has 4 nitrogen and oxygen atoms in total. The van der Waals surface area contributed by atoms with Crippen LogP contribution in [0, 0.1) is 5.82 Å². The normalized spacial score (nSPS) is 10.5. The Morgan fingerprint density at radius 1 is 0.875 bits per heavy atom. The maximum atomic E-state index is 13.0. The van der Waals surface area contributed by atoms with E-state index in [1.807, 2.05) is 6.07 Å². The van der Waals surface area contributed by atoms with E-state index in [4.69, 9.17) is 32.7 Å². The van der Waals surface area contributed by atoms with Crippen molar-refractivity contribution in [3.05, 3.63) is 64.7 Å². The van der Waals surface area contributed by atoms with Crippen molar-refractivity contribution < 1.29 is 13.9 Å². The van der Waals surface area contributed by atoms with Crippen molar-refractivity contribution in [3.63, 3.8) is 0 Å². The summed E-state index contributed by atoms with van der Waals surface area (Å²) >= 11 is 12.4. The van der Waals surface area contributed by atoms with Gasteiger partial charge in [0, 0.05) is 5.56 Å². The van der Waals surface area contributed by atoms with Gasteiger partial charge in [-0.05, 0) is 36.4 Å². The van der Waals surface area contributed by atoms with Crippen LogP contribution in [0.2, 0.25) is 10.3 Å². The molecule has 0 amide bonds. The van der Waals surface area contributed by atoms with E-state index in [2.05, 4.69) is 9.97 Å². The van der Waals surface area contributed by atoms with Crippen LogP contribution in [0.25, 0.3) is 11.4 Å². The van der Waals surface area contributed by atoms with E-state index in [1.54, 1.807) is 18.2 Å². The third-order valence-corrected chi connectivity index (χ3v) is 3.68. The molecule has 24 heavy (non-hydrogen) atoms. The Morgan fingerprint density at radius 3 is 2.04 bits per heavy atom. The molecule has 0 atom stereocenters. The average molecular weight is 365 g/mol. The van der Waals surface area contributed by atoms with Gasteiger partial charge in [0.2, 0.25) is 5.75 Å². The monoisotopic (exact) mass is 364 g/mol. The fraction of sp³-hybridized carbons (Fsp3) is 0.0588. The number of rotatable bonds is 4. The van der Waals surface area contributed by atoms with Gasteiger partial charge >= 0.3 is 0 Å². The van der Waals surface area contributed by atoms with Gasteiger partial charge in [0.15, 0.2) is 27.6 Å². The smallest absolute Gasteiger partial charge is 0.202 e. The zero-order valence-corrected chi connectivity index (χ0v) is 14.0. The van der Waals surface area contributed by atoms with Crippen molar-refractivity contribution in [1.82, 2.24) is 9.97 Å². The van der Waals surface area contributed by atoms with Crippen molar-refractivity contribution in [2.75, 3.05) is 7.11 Å². The topological polar surface area (TPSA) is 44.2 Å². The quantitative estimate of drug-likeness (QED) is 0.582. The van der Waals surface area contributed by atoms with E-state index in [0.717, 1.165) is 0 Å². The molecule has 3 rings (SSSR count). The number of benzene rings is 2. The van der Waals surface area contributed by atoms with Crippen LogP contribution in [0.3, 0.4) is 0 Å². The molecular weight excluding hydrogens is 354 g/mol. The summed E-state index contributed by atoms with van der Waals surface area (Å²) < 4.78 is 23.9. The van der Waals surface area contributed by atoms with Crippen LogP contribution in [0.1, 0.15) is 0 Å². The molecule has 0 aliphatic carbocycles. The first-order valence-corrected chi connectivity index (χ1v) is 7.64. The lowest BCUT2D eigenvalue weighted by Gasteiger charge is -2.12. The highest BCUT2D eigenvalue weighted by atomic mass is 35.5. The van der Waals surface area contributed by atoms with Crippen LogP contribution in [-0.4, -0.2) is 17.1 Å². The predicted molar refractivity (Wildman–Crippen MR) is 90.5 cm³/mol. The van der Waals surface area contributed by atoms with E-state index < -0.39 is 0 Å². The van der Waals surface area contributed by atoms with Crippen LogP contribution in [-0.2, 0) is 0 Å². The fourth-order valence-electron chi connectivity index (χ4n) is 2.02. The Morgan fingerprint density at radius 2 is 1.46 bits per heavy atom. The Balaban J connectivity index is 1.97. The molecule has 0 aliphatic rings. The third-order valence-electron chi connectivity index (χ3n) is 3.17. The van der Waals surface area contributed by atoms with Crippen LogP contribution in [0.5, 0.6) is 17.2 Å². The second-order valence-corrected chi connectivity index (χ2v) is 5.43. The van der Waals surface area contributed by atoms with Gasteiger partial charge < -0.3 is 9.47 Å². The summed E-state index contributed by atoms with van der Waals surface area (Å²) in [5, 5.41) is 0.0838. The second-order valence-electron chi connectivity index (χ2n) is 4.72. The highest BCUT2D eigenvalue weighted by molar-refractivity contribution is 6.35. The lowest BCUT2D eigenvalue weighted by atomic mass is 10.2. The third kappa shape index (κ3) is 3.42. The molecule has 1 heterocycles. The highest BCUT2D eigenvalue weighted by Crippen LogP contribution is 2.38. The average Bonchev–Trinajstić information content (AvgIpc) is 2.59. The number of nitrogens with zero attached hydrogens (tertiary/aromatic N) is 2. The molecule has 0 aliphatic heterocycles. The Kier molecular flexibility index (Phi) is 4.83. The number of aromatic nitrogens is 2. The molecule has 0 spiro atoms. The van der Waals surface area contributed by atoms with Gasteiger partial charge in [0.05, 0.1) is 7.11 Å². The Bertz CT molecular complexity index is 850. The molecule has 0 fully saturated rings. The number of hydrogen-bond donors (Lipinski definition) is 0. The number of hydrogen-bond acceptors (Lipinski definition) is 4. The molecule has 0 N–H and O–H groups in total. The first-order chi connectivity index (χ1) is 11.6. The minimum Gasteiger partial charge on any atom is -0.493 e. The summed E-state index contributed by atoms with van der Waals surface area (Å²) in [6.45, 7) is 0. The molecule has 122 valence electrons. The number of para-hydroxylation sites is 2. The summed E-state index contributed by atoms with van der Waals surface area (Å²) in [6, 6.07) is 12.7. The SMILES string of the molecule is COc1ccccc1Oc1c(Cl)nc(-c2ccc(F)cc2)nc1Cl. The minimum atomic E-state index is -0.355. The van der Waals surface area contributed by atoms with Gasteiger partial charge in [0.1, 0.15) is 5.82 Å². The predicted octanol–water partition coefficient (Wildman–Crippen LogP) is 5.39. The van der Waals surface area contributed by atoms with Crippen molar-refractivity contribution in [2.24, 2.45) is 0 Å². The molecule has 1 aromatic heterocycles. The highest BCUT2D eigenvalue weighted by Gasteiger charge is 2.16. The molecule has 0 saturated carbocycles. The maximum absolute atomic E-state index is 13.0. The molecule has 0 saturated heterocycles. The lowest BCUT2D eigenvalue weighted by molar-refractivity contribution is 0.378. The van der Waals surface area contributed by atoms with E-state index >= 15 is 0 Å². The van der Waals surface area contributed by atoms with Gasteiger partial charge in [-0.25, -0.2) is 14.4 Å². The van der Waals surface area contributed by atoms with Gasteiger partial charge in [-0.1, -0.05) is 35.3 Å². The molecule has 0 unspecified atom stereocenters. The van der Waals surface area contributed by atoms with Gasteiger partial charge in [0.25, 0.3) is 0 Å². The standard InChI is InChI=1S/C17H11Cl2FN2O2/c1-23-12-4-2-3-5-13(12)24-14-15(18)21-17(22-16(14)19)10-6-8-11(20)9-7-10/h2-9H,1H3. The molecular formula is C17H11Cl2FN2O2. The lowest BCUT2D eigenvalue weighted by Crippen LogP contribution is -1.97. The van der Waals surface area contributed by atoms with E-state index in [1.165, 1.54) is 31.4 Å². The fourth-order valence-corrected chi connectivity index (χ4v) is 2.49. The summed E-state index contributed by atoms with van der Waals surface area (Å²) in [7, 11) is 1.53. The molecule has 2 aromatic carbocycles. The molecule has 0 bridgehead atoms. The van der Waals surface area contributed by atoms with Crippen molar-refractivity contribution in [1.29, 1.82) is 0 Å². The zero-order chi connectivity index (χ0) is 17.1. The van der Waals surface area contributed by atoms with Crippen LogP contribution >= 0.6 is 23.2 Å². The van der Waals surface area contributed by atoms with E-state index in [0.29, 0.717) is 17.1 Å². The van der Waals surface area contributed by atoms with Crippen molar-refractivity contribution in [3.8, 4) is 28.6 Å². The molecule has 7 heteroatoms. The van der Waals surface area contributed by atoms with Crippen LogP contribution in [0.15, 0.2) is 48.5 Å². The minimum absolute atomic E-state index is 0.0419. The first-order valence-electron chi connectivity index (χ1n) is 6.88. The second kappa shape index (κ2) is 7.03. The largest absolute Gasteiger partial charge is 0.493 e. The first kappa shape index (κ1) is 16.5.